The number of hydrogen-bond donors (Lipinski definition) is 4. The van der Waals surface area contributed by atoms with Gasteiger partial charge in [-0.05, 0) is 27.7 Å². The van der Waals surface area contributed by atoms with Crippen LogP contribution in [0.25, 0.3) is 0 Å². The Balaban J connectivity index is -0.0000000824. The van der Waals surface area contributed by atoms with Crippen molar-refractivity contribution in [2.45, 2.75) is 81.8 Å². The van der Waals surface area contributed by atoms with Gasteiger partial charge in [0.05, 0.1) is 51.8 Å². The van der Waals surface area contributed by atoms with E-state index in [1.807, 2.05) is 20.8 Å². The highest BCUT2D eigenvalue weighted by atomic mass is 16.5. The SMILES string of the molecule is C.C.C.C.CC(COCC(O)CO)OCC(O)CO.CCOCC(C)OCC. The maximum absolute atomic E-state index is 8.97. The first-order valence-electron chi connectivity index (χ1n) is 8.37. The van der Waals surface area contributed by atoms with E-state index in [0.717, 1.165) is 13.2 Å². The van der Waals surface area contributed by atoms with Crippen molar-refractivity contribution >= 4 is 0 Å². The highest BCUT2D eigenvalue weighted by Crippen LogP contribution is 1.95. The lowest BCUT2D eigenvalue weighted by Gasteiger charge is -2.16. The van der Waals surface area contributed by atoms with Crippen LogP contribution in [0.4, 0.5) is 0 Å². The second kappa shape index (κ2) is 31.4. The van der Waals surface area contributed by atoms with Gasteiger partial charge >= 0.3 is 0 Å². The molecule has 0 saturated carbocycles. The lowest BCUT2D eigenvalue weighted by atomic mass is 10.4. The topological polar surface area (TPSA) is 118 Å². The molecule has 0 aliphatic heterocycles. The summed E-state index contributed by atoms with van der Waals surface area (Å²) in [6.45, 7) is 9.67. The van der Waals surface area contributed by atoms with Crippen molar-refractivity contribution in [1.82, 2.24) is 0 Å². The number of rotatable bonds is 14. The molecule has 0 heterocycles. The van der Waals surface area contributed by atoms with E-state index in [1.54, 1.807) is 6.92 Å². The fraction of sp³-hybridized carbons (Fsp3) is 1.00. The molecule has 0 radical (unpaired) electrons. The number of aliphatic hydroxyl groups is 4. The van der Waals surface area contributed by atoms with Gasteiger partial charge < -0.3 is 39.4 Å². The zero-order valence-electron chi connectivity index (χ0n) is 15.4. The fourth-order valence-corrected chi connectivity index (χ4v) is 1.42. The van der Waals surface area contributed by atoms with Crippen molar-refractivity contribution in [3.63, 3.8) is 0 Å². The molecule has 0 aromatic heterocycles. The van der Waals surface area contributed by atoms with Crippen LogP contribution in [0.2, 0.25) is 0 Å². The van der Waals surface area contributed by atoms with E-state index < -0.39 is 12.2 Å². The van der Waals surface area contributed by atoms with Crippen LogP contribution in [0, 0.1) is 0 Å². The first kappa shape index (κ1) is 41.9. The summed E-state index contributed by atoms with van der Waals surface area (Å²) in [6, 6.07) is 0. The molecule has 0 aliphatic carbocycles. The maximum atomic E-state index is 8.97. The van der Waals surface area contributed by atoms with Crippen LogP contribution in [-0.2, 0) is 18.9 Å². The standard InChI is InChI=1S/C9H20O6.C7H16O2.4CH4/c1-7(15-6-9(13)3-11)4-14-5-8(12)2-10;1-4-8-6-7(3)9-5-2;;;;/h7-13H,2-6H2,1H3;7H,4-6H2,1-3H3;4*1H4. The summed E-state index contributed by atoms with van der Waals surface area (Å²) >= 11 is 0. The van der Waals surface area contributed by atoms with Gasteiger partial charge in [0.1, 0.15) is 12.2 Å². The summed E-state index contributed by atoms with van der Waals surface area (Å²) in [5, 5.41) is 34.9. The third-order valence-electron chi connectivity index (χ3n) is 2.67. The van der Waals surface area contributed by atoms with Crippen LogP contribution in [0.15, 0.2) is 0 Å². The van der Waals surface area contributed by atoms with Gasteiger partial charge in [-0.1, -0.05) is 29.7 Å². The van der Waals surface area contributed by atoms with Crippen LogP contribution in [-0.4, -0.2) is 97.7 Å². The fourth-order valence-electron chi connectivity index (χ4n) is 1.42. The third-order valence-corrected chi connectivity index (χ3v) is 2.67. The van der Waals surface area contributed by atoms with Crippen LogP contribution in [0.1, 0.15) is 57.4 Å². The zero-order chi connectivity index (χ0) is 18.8. The number of aliphatic hydroxyl groups excluding tert-OH is 4. The Labute approximate surface area is 174 Å². The van der Waals surface area contributed by atoms with Crippen molar-refractivity contribution in [2.75, 3.05) is 52.9 Å². The molecule has 0 spiro atoms. The van der Waals surface area contributed by atoms with E-state index in [9.17, 15) is 0 Å². The average Bonchev–Trinajstić information content (AvgIpc) is 2.58. The molecule has 0 saturated heterocycles. The lowest BCUT2D eigenvalue weighted by molar-refractivity contribution is -0.0670. The predicted octanol–water partition coefficient (Wildman–Crippen LogP) is 2.11. The maximum Gasteiger partial charge on any atom is 0.100 e. The van der Waals surface area contributed by atoms with E-state index in [0.29, 0.717) is 6.61 Å². The van der Waals surface area contributed by atoms with Crippen LogP contribution in [0.3, 0.4) is 0 Å². The van der Waals surface area contributed by atoms with Crippen molar-refractivity contribution < 1.29 is 39.4 Å². The van der Waals surface area contributed by atoms with Gasteiger partial charge in [0, 0.05) is 13.2 Å². The number of ether oxygens (including phenoxy) is 4. The first-order chi connectivity index (χ1) is 11.4. The lowest BCUT2D eigenvalue weighted by Crippen LogP contribution is -2.27. The first-order valence-corrected chi connectivity index (χ1v) is 8.37. The van der Waals surface area contributed by atoms with Crippen LogP contribution >= 0.6 is 0 Å². The molecule has 0 aromatic rings. The van der Waals surface area contributed by atoms with E-state index in [2.05, 4.69) is 0 Å². The quantitative estimate of drug-likeness (QED) is 0.337. The molecule has 0 aliphatic rings. The second-order valence-electron chi connectivity index (χ2n) is 5.28. The molecule has 0 bridgehead atoms. The Morgan fingerprint density at radius 3 is 1.46 bits per heavy atom. The molecule has 0 aromatic carbocycles. The summed E-state index contributed by atoms with van der Waals surface area (Å²) in [5.41, 5.74) is 0. The largest absolute Gasteiger partial charge is 0.394 e. The summed E-state index contributed by atoms with van der Waals surface area (Å²) < 4.78 is 20.5. The van der Waals surface area contributed by atoms with Crippen molar-refractivity contribution in [2.24, 2.45) is 0 Å². The van der Waals surface area contributed by atoms with Gasteiger partial charge in [-0.15, -0.1) is 0 Å². The Hall–Kier alpha value is -0.320. The van der Waals surface area contributed by atoms with Gasteiger partial charge in [-0.3, -0.25) is 0 Å². The Morgan fingerprint density at radius 1 is 0.607 bits per heavy atom. The van der Waals surface area contributed by atoms with Gasteiger partial charge in [0.15, 0.2) is 0 Å². The predicted molar refractivity (Wildman–Crippen MR) is 117 cm³/mol. The molecule has 0 amide bonds. The van der Waals surface area contributed by atoms with E-state index >= 15 is 0 Å². The van der Waals surface area contributed by atoms with Crippen molar-refractivity contribution in [3.05, 3.63) is 0 Å². The van der Waals surface area contributed by atoms with E-state index in [-0.39, 0.29) is 74.9 Å². The zero-order valence-corrected chi connectivity index (χ0v) is 15.4. The molecule has 4 atom stereocenters. The summed E-state index contributed by atoms with van der Waals surface area (Å²) in [5.74, 6) is 0. The molecule has 4 N–H and O–H groups in total. The molecule has 8 heteroatoms. The molecule has 0 fully saturated rings. The van der Waals surface area contributed by atoms with Crippen LogP contribution < -0.4 is 0 Å². The van der Waals surface area contributed by atoms with Gasteiger partial charge in [-0.2, -0.15) is 0 Å². The monoisotopic (exact) mass is 420 g/mol. The minimum Gasteiger partial charge on any atom is -0.394 e. The highest BCUT2D eigenvalue weighted by Gasteiger charge is 2.08. The Kier molecular flexibility index (Phi) is 47.0. The molecule has 4 unspecified atom stereocenters. The molecule has 28 heavy (non-hydrogen) atoms. The molecule has 0 rings (SSSR count). The van der Waals surface area contributed by atoms with Crippen molar-refractivity contribution in [3.8, 4) is 0 Å². The Bertz CT molecular complexity index is 244. The van der Waals surface area contributed by atoms with Gasteiger partial charge in [0.25, 0.3) is 0 Å². The molecular formula is C20H52O8. The minimum atomic E-state index is -0.879. The van der Waals surface area contributed by atoms with Gasteiger partial charge in [0.2, 0.25) is 0 Å². The average molecular weight is 421 g/mol. The number of hydrogen-bond acceptors (Lipinski definition) is 8. The second-order valence-corrected chi connectivity index (χ2v) is 5.28. The minimum absolute atomic E-state index is 0. The normalized spacial score (nSPS) is 13.7. The smallest absolute Gasteiger partial charge is 0.100 e. The van der Waals surface area contributed by atoms with E-state index in [1.165, 1.54) is 0 Å². The molecule has 180 valence electrons. The summed E-state index contributed by atoms with van der Waals surface area (Å²) in [7, 11) is 0. The molecule has 8 nitrogen and oxygen atoms in total. The van der Waals surface area contributed by atoms with Gasteiger partial charge in [-0.25, -0.2) is 0 Å². The van der Waals surface area contributed by atoms with E-state index in [4.69, 9.17) is 39.4 Å². The highest BCUT2D eigenvalue weighted by molar-refractivity contribution is 4.55. The third kappa shape index (κ3) is 33.3. The van der Waals surface area contributed by atoms with Crippen LogP contribution in [0.5, 0.6) is 0 Å². The van der Waals surface area contributed by atoms with Crippen molar-refractivity contribution in [1.29, 1.82) is 0 Å². The Morgan fingerprint density at radius 2 is 1.04 bits per heavy atom. The summed E-state index contributed by atoms with van der Waals surface area (Å²) in [6.07, 6.45) is -1.75. The molecular weight excluding hydrogens is 368 g/mol. The summed E-state index contributed by atoms with van der Waals surface area (Å²) in [4.78, 5) is 0.